The van der Waals surface area contributed by atoms with Gasteiger partial charge in [0.2, 0.25) is 0 Å². The predicted octanol–water partition coefficient (Wildman–Crippen LogP) is 4.00. The highest BCUT2D eigenvalue weighted by Crippen LogP contribution is 2.33. The van der Waals surface area contributed by atoms with Crippen LogP contribution < -0.4 is 5.32 Å². The lowest BCUT2D eigenvalue weighted by molar-refractivity contribution is -0.137. The Kier molecular flexibility index (Phi) is 4.48. The van der Waals surface area contributed by atoms with E-state index in [4.69, 9.17) is 5.26 Å². The van der Waals surface area contributed by atoms with Crippen molar-refractivity contribution in [2.24, 2.45) is 0 Å². The molecule has 0 aliphatic heterocycles. The molecule has 0 aliphatic rings. The fourth-order valence-electron chi connectivity index (χ4n) is 1.87. The number of halogens is 3. The fraction of sp³-hybridized carbons (Fsp3) is 0.286. The zero-order valence-corrected chi connectivity index (χ0v) is 12.0. The lowest BCUT2D eigenvalue weighted by atomic mass is 10.1. The quantitative estimate of drug-likeness (QED) is 0.928. The van der Waals surface area contributed by atoms with E-state index in [2.05, 4.69) is 10.3 Å². The van der Waals surface area contributed by atoms with Crippen LogP contribution in [0.3, 0.4) is 0 Å². The van der Waals surface area contributed by atoms with Crippen molar-refractivity contribution < 1.29 is 13.2 Å². The minimum absolute atomic E-state index is 0.350. The maximum absolute atomic E-state index is 12.8. The third-order valence-corrected chi connectivity index (χ3v) is 3.97. The summed E-state index contributed by atoms with van der Waals surface area (Å²) in [4.78, 5) is 5.22. The number of hydrogen-bond acceptors (Lipinski definition) is 4. The third-order valence-electron chi connectivity index (χ3n) is 2.97. The monoisotopic (exact) mass is 311 g/mol. The van der Waals surface area contributed by atoms with Crippen molar-refractivity contribution in [2.45, 2.75) is 19.5 Å². The van der Waals surface area contributed by atoms with Gasteiger partial charge in [-0.25, -0.2) is 4.98 Å². The molecular formula is C14H12F3N3S. The Labute approximate surface area is 124 Å². The summed E-state index contributed by atoms with van der Waals surface area (Å²) in [6.07, 6.45) is -3.84. The molecule has 110 valence electrons. The second-order valence-corrected chi connectivity index (χ2v) is 5.35. The van der Waals surface area contributed by atoms with Gasteiger partial charge in [-0.05, 0) is 25.1 Å². The smallest absolute Gasteiger partial charge is 0.385 e. The molecule has 0 atom stereocenters. The molecule has 0 bridgehead atoms. The van der Waals surface area contributed by atoms with Crippen LogP contribution in [0.15, 0.2) is 23.7 Å². The molecular weight excluding hydrogens is 299 g/mol. The second kappa shape index (κ2) is 6.14. The van der Waals surface area contributed by atoms with Crippen LogP contribution in [0.2, 0.25) is 0 Å². The summed E-state index contributed by atoms with van der Waals surface area (Å²) in [7, 11) is 0. The molecule has 0 unspecified atom stereocenters. The van der Waals surface area contributed by atoms with Gasteiger partial charge in [0.25, 0.3) is 0 Å². The molecule has 2 rings (SSSR count). The van der Waals surface area contributed by atoms with E-state index in [9.17, 15) is 13.2 Å². The van der Waals surface area contributed by atoms with Gasteiger partial charge < -0.3 is 5.32 Å². The van der Waals surface area contributed by atoms with Crippen molar-refractivity contribution >= 4 is 17.0 Å². The van der Waals surface area contributed by atoms with Crippen molar-refractivity contribution in [1.82, 2.24) is 4.98 Å². The molecule has 21 heavy (non-hydrogen) atoms. The summed E-state index contributed by atoms with van der Waals surface area (Å²) < 4.78 is 38.5. The number of aromatic nitrogens is 1. The highest BCUT2D eigenvalue weighted by atomic mass is 32.1. The predicted molar refractivity (Wildman–Crippen MR) is 75.2 cm³/mol. The van der Waals surface area contributed by atoms with Crippen LogP contribution in [0.4, 0.5) is 18.9 Å². The maximum atomic E-state index is 12.8. The molecule has 0 fully saturated rings. The van der Waals surface area contributed by atoms with Gasteiger partial charge in [0.05, 0.1) is 28.4 Å². The average molecular weight is 311 g/mol. The number of thiazole rings is 1. The van der Waals surface area contributed by atoms with E-state index < -0.39 is 11.7 Å². The molecule has 3 nitrogen and oxygen atoms in total. The minimum atomic E-state index is -4.53. The van der Waals surface area contributed by atoms with Crippen molar-refractivity contribution in [3.8, 4) is 6.07 Å². The van der Waals surface area contributed by atoms with E-state index in [1.165, 1.54) is 23.5 Å². The van der Waals surface area contributed by atoms with Gasteiger partial charge in [-0.1, -0.05) is 0 Å². The molecule has 0 saturated heterocycles. The molecule has 0 spiro atoms. The van der Waals surface area contributed by atoms with Crippen LogP contribution >= 0.6 is 11.3 Å². The van der Waals surface area contributed by atoms with Crippen LogP contribution in [0, 0.1) is 18.3 Å². The Bertz CT molecular complexity index is 671. The summed E-state index contributed by atoms with van der Waals surface area (Å²) in [6.45, 7) is 2.40. The number of alkyl halides is 3. The highest BCUT2D eigenvalue weighted by Gasteiger charge is 2.33. The molecule has 1 heterocycles. The first kappa shape index (κ1) is 15.3. The Morgan fingerprint density at radius 1 is 1.38 bits per heavy atom. The molecule has 1 aromatic carbocycles. The van der Waals surface area contributed by atoms with E-state index in [0.29, 0.717) is 18.7 Å². The molecule has 2 aromatic rings. The van der Waals surface area contributed by atoms with Crippen molar-refractivity contribution in [3.05, 3.63) is 45.4 Å². The number of hydrogen-bond donors (Lipinski definition) is 1. The molecule has 0 radical (unpaired) electrons. The first-order valence-electron chi connectivity index (χ1n) is 6.16. The van der Waals surface area contributed by atoms with Crippen LogP contribution in [0.5, 0.6) is 0 Å². The summed E-state index contributed by atoms with van der Waals surface area (Å²) >= 11 is 1.52. The van der Waals surface area contributed by atoms with Crippen LogP contribution in [0.25, 0.3) is 0 Å². The Balaban J connectivity index is 2.08. The molecule has 0 amide bonds. The standard InChI is InChI=1S/C14H12F3N3S/c1-9-13(21-8-20-9)4-5-19-11-3-2-10(7-18)12(6-11)14(15,16)17/h2-3,6,8,19H,4-5H2,1H3. The summed E-state index contributed by atoms with van der Waals surface area (Å²) in [5.74, 6) is 0. The average Bonchev–Trinajstić information content (AvgIpc) is 2.83. The molecule has 0 aliphatic carbocycles. The zero-order chi connectivity index (χ0) is 15.5. The third kappa shape index (κ3) is 3.73. The first-order chi connectivity index (χ1) is 9.91. The molecule has 7 heteroatoms. The van der Waals surface area contributed by atoms with Crippen molar-refractivity contribution in [1.29, 1.82) is 5.26 Å². The lowest BCUT2D eigenvalue weighted by Crippen LogP contribution is -2.10. The van der Waals surface area contributed by atoms with E-state index in [1.54, 1.807) is 11.6 Å². The van der Waals surface area contributed by atoms with Crippen LogP contribution in [-0.4, -0.2) is 11.5 Å². The van der Waals surface area contributed by atoms with Gasteiger partial charge in [-0.15, -0.1) is 11.3 Å². The van der Waals surface area contributed by atoms with Gasteiger partial charge in [-0.2, -0.15) is 18.4 Å². The number of nitrogens with zero attached hydrogens (tertiary/aromatic N) is 2. The zero-order valence-electron chi connectivity index (χ0n) is 11.2. The van der Waals surface area contributed by atoms with Crippen molar-refractivity contribution in [3.63, 3.8) is 0 Å². The Morgan fingerprint density at radius 3 is 2.71 bits per heavy atom. The normalized spacial score (nSPS) is 11.2. The van der Waals surface area contributed by atoms with E-state index >= 15 is 0 Å². The molecule has 1 N–H and O–H groups in total. The minimum Gasteiger partial charge on any atom is -0.385 e. The first-order valence-corrected chi connectivity index (χ1v) is 7.04. The summed E-state index contributed by atoms with van der Waals surface area (Å²) in [5, 5.41) is 11.7. The topological polar surface area (TPSA) is 48.7 Å². The number of aryl methyl sites for hydroxylation is 1. The van der Waals surface area contributed by atoms with Gasteiger partial charge >= 0.3 is 6.18 Å². The van der Waals surface area contributed by atoms with Crippen LogP contribution in [0.1, 0.15) is 21.7 Å². The largest absolute Gasteiger partial charge is 0.417 e. The Morgan fingerprint density at radius 2 is 2.14 bits per heavy atom. The second-order valence-electron chi connectivity index (χ2n) is 4.41. The van der Waals surface area contributed by atoms with Gasteiger partial charge in [-0.3, -0.25) is 0 Å². The maximum Gasteiger partial charge on any atom is 0.417 e. The van der Waals surface area contributed by atoms with Crippen LogP contribution in [-0.2, 0) is 12.6 Å². The number of anilines is 1. The number of benzene rings is 1. The summed E-state index contributed by atoms with van der Waals surface area (Å²) in [6, 6.07) is 5.19. The summed E-state index contributed by atoms with van der Waals surface area (Å²) in [5.41, 5.74) is 1.75. The molecule has 0 saturated carbocycles. The van der Waals surface area contributed by atoms with E-state index in [0.717, 1.165) is 16.6 Å². The fourth-order valence-corrected chi connectivity index (χ4v) is 2.65. The highest BCUT2D eigenvalue weighted by molar-refractivity contribution is 7.09. The Hall–Kier alpha value is -2.07. The number of nitriles is 1. The lowest BCUT2D eigenvalue weighted by Gasteiger charge is -2.12. The van der Waals surface area contributed by atoms with E-state index in [1.807, 2.05) is 6.92 Å². The van der Waals surface area contributed by atoms with Gasteiger partial charge in [0.15, 0.2) is 0 Å². The number of rotatable bonds is 4. The van der Waals surface area contributed by atoms with Gasteiger partial charge in [0, 0.05) is 23.5 Å². The molecule has 1 aromatic heterocycles. The van der Waals surface area contributed by atoms with Gasteiger partial charge in [0.1, 0.15) is 0 Å². The van der Waals surface area contributed by atoms with E-state index in [-0.39, 0.29) is 5.56 Å². The van der Waals surface area contributed by atoms with Crippen molar-refractivity contribution in [2.75, 3.05) is 11.9 Å². The number of nitrogens with one attached hydrogen (secondary N) is 1. The SMILES string of the molecule is Cc1ncsc1CCNc1ccc(C#N)c(C(F)(F)F)c1.